The summed E-state index contributed by atoms with van der Waals surface area (Å²) in [5.41, 5.74) is 3.39. The van der Waals surface area contributed by atoms with Gasteiger partial charge in [0.15, 0.2) is 0 Å². The number of benzene rings is 1. The largest absolute Gasteiger partial charge is 0.369 e. The summed E-state index contributed by atoms with van der Waals surface area (Å²) in [4.78, 5) is 15.6. The Balaban J connectivity index is 1.86. The number of carbonyl (C=O) groups excluding carboxylic acids is 1. The van der Waals surface area contributed by atoms with E-state index in [-0.39, 0.29) is 5.91 Å². The zero-order chi connectivity index (χ0) is 13.0. The molecule has 98 valence electrons. The SMILES string of the molecule is NNC(=O)CN1CCN(c2ccc(Br)cc2)CC1. The minimum atomic E-state index is -0.132. The van der Waals surface area contributed by atoms with Gasteiger partial charge in [-0.1, -0.05) is 15.9 Å². The Morgan fingerprint density at radius 2 is 1.83 bits per heavy atom. The summed E-state index contributed by atoms with van der Waals surface area (Å²) in [7, 11) is 0. The number of nitrogens with one attached hydrogen (secondary N) is 1. The van der Waals surface area contributed by atoms with Crippen molar-refractivity contribution in [1.29, 1.82) is 0 Å². The minimum Gasteiger partial charge on any atom is -0.369 e. The van der Waals surface area contributed by atoms with Crippen molar-refractivity contribution >= 4 is 27.5 Å². The normalized spacial score (nSPS) is 16.7. The van der Waals surface area contributed by atoms with Gasteiger partial charge in [0.2, 0.25) is 5.91 Å². The van der Waals surface area contributed by atoms with Crippen LogP contribution in [0, 0.1) is 0 Å². The van der Waals surface area contributed by atoms with Crippen LogP contribution in [0.4, 0.5) is 5.69 Å². The highest BCUT2D eigenvalue weighted by atomic mass is 79.9. The fourth-order valence-corrected chi connectivity index (χ4v) is 2.33. The van der Waals surface area contributed by atoms with Crippen molar-refractivity contribution in [2.75, 3.05) is 37.6 Å². The molecular formula is C12H17BrN4O. The van der Waals surface area contributed by atoms with Gasteiger partial charge in [-0.25, -0.2) is 5.84 Å². The number of carbonyl (C=O) groups is 1. The third-order valence-electron chi connectivity index (χ3n) is 3.09. The van der Waals surface area contributed by atoms with Crippen molar-refractivity contribution in [3.8, 4) is 0 Å². The number of anilines is 1. The van der Waals surface area contributed by atoms with Crippen molar-refractivity contribution in [3.63, 3.8) is 0 Å². The Bertz CT molecular complexity index is 401. The fourth-order valence-electron chi connectivity index (χ4n) is 2.06. The molecule has 5 nitrogen and oxygen atoms in total. The van der Waals surface area contributed by atoms with E-state index in [4.69, 9.17) is 5.84 Å². The molecule has 1 fully saturated rings. The monoisotopic (exact) mass is 312 g/mol. The standard InChI is InChI=1S/C12H17BrN4O/c13-10-1-3-11(4-2-10)17-7-5-16(6-8-17)9-12(18)15-14/h1-4H,5-9,14H2,(H,15,18). The van der Waals surface area contributed by atoms with Crippen LogP contribution in [0.5, 0.6) is 0 Å². The van der Waals surface area contributed by atoms with Crippen LogP contribution < -0.4 is 16.2 Å². The molecule has 1 aromatic carbocycles. The third-order valence-corrected chi connectivity index (χ3v) is 3.62. The first-order valence-electron chi connectivity index (χ1n) is 5.91. The maximum atomic E-state index is 11.2. The number of nitrogens with two attached hydrogens (primary N) is 1. The number of nitrogens with zero attached hydrogens (tertiary/aromatic N) is 2. The molecular weight excluding hydrogens is 296 g/mol. The first-order valence-corrected chi connectivity index (χ1v) is 6.70. The number of hydrogen-bond acceptors (Lipinski definition) is 4. The lowest BCUT2D eigenvalue weighted by Crippen LogP contribution is -2.50. The lowest BCUT2D eigenvalue weighted by atomic mass is 10.2. The molecule has 0 spiro atoms. The van der Waals surface area contributed by atoms with Crippen LogP contribution in [0.2, 0.25) is 0 Å². The predicted molar refractivity (Wildman–Crippen MR) is 75.1 cm³/mol. The van der Waals surface area contributed by atoms with Crippen molar-refractivity contribution in [2.24, 2.45) is 5.84 Å². The Morgan fingerprint density at radius 3 is 2.39 bits per heavy atom. The topological polar surface area (TPSA) is 61.6 Å². The lowest BCUT2D eigenvalue weighted by Gasteiger charge is -2.35. The second kappa shape index (κ2) is 6.17. The van der Waals surface area contributed by atoms with E-state index in [0.29, 0.717) is 6.54 Å². The summed E-state index contributed by atoms with van der Waals surface area (Å²) in [5, 5.41) is 0. The maximum absolute atomic E-state index is 11.2. The average molecular weight is 313 g/mol. The summed E-state index contributed by atoms with van der Waals surface area (Å²) < 4.78 is 1.09. The van der Waals surface area contributed by atoms with Gasteiger partial charge < -0.3 is 4.90 Å². The van der Waals surface area contributed by atoms with Crippen molar-refractivity contribution in [1.82, 2.24) is 10.3 Å². The molecule has 3 N–H and O–H groups in total. The number of rotatable bonds is 3. The van der Waals surface area contributed by atoms with Crippen LogP contribution in [0.25, 0.3) is 0 Å². The fraction of sp³-hybridized carbons (Fsp3) is 0.417. The van der Waals surface area contributed by atoms with E-state index in [1.807, 2.05) is 12.1 Å². The molecule has 0 aliphatic carbocycles. The third kappa shape index (κ3) is 3.44. The Labute approximate surface area is 115 Å². The molecule has 6 heteroatoms. The van der Waals surface area contributed by atoms with E-state index in [1.165, 1.54) is 5.69 Å². The van der Waals surface area contributed by atoms with E-state index < -0.39 is 0 Å². The van der Waals surface area contributed by atoms with Crippen LogP contribution in [0.1, 0.15) is 0 Å². The molecule has 1 aliphatic heterocycles. The lowest BCUT2D eigenvalue weighted by molar-refractivity contribution is -0.122. The predicted octanol–water partition coefficient (Wildman–Crippen LogP) is 0.561. The van der Waals surface area contributed by atoms with Crippen molar-refractivity contribution in [2.45, 2.75) is 0 Å². The number of amides is 1. The highest BCUT2D eigenvalue weighted by Gasteiger charge is 2.18. The average Bonchev–Trinajstić information content (AvgIpc) is 2.40. The highest BCUT2D eigenvalue weighted by molar-refractivity contribution is 9.10. The summed E-state index contributed by atoms with van der Waals surface area (Å²) in [5.74, 6) is 4.95. The number of halogens is 1. The molecule has 0 saturated carbocycles. The molecule has 2 rings (SSSR count). The molecule has 1 saturated heterocycles. The quantitative estimate of drug-likeness (QED) is 0.486. The van der Waals surface area contributed by atoms with Crippen LogP contribution in [0.3, 0.4) is 0 Å². The first-order chi connectivity index (χ1) is 8.69. The second-order valence-electron chi connectivity index (χ2n) is 4.31. The Kier molecular flexibility index (Phi) is 4.57. The molecule has 18 heavy (non-hydrogen) atoms. The van der Waals surface area contributed by atoms with Gasteiger partial charge in [0, 0.05) is 36.3 Å². The van der Waals surface area contributed by atoms with Crippen LogP contribution in [0.15, 0.2) is 28.7 Å². The van der Waals surface area contributed by atoms with E-state index in [1.54, 1.807) is 0 Å². The van der Waals surface area contributed by atoms with Gasteiger partial charge in [0.1, 0.15) is 0 Å². The summed E-state index contributed by atoms with van der Waals surface area (Å²) in [6.07, 6.45) is 0. The molecule has 0 radical (unpaired) electrons. The molecule has 0 bridgehead atoms. The number of piperazine rings is 1. The molecule has 1 aliphatic rings. The van der Waals surface area contributed by atoms with Crippen molar-refractivity contribution < 1.29 is 4.79 Å². The van der Waals surface area contributed by atoms with Gasteiger partial charge in [-0.15, -0.1) is 0 Å². The number of hydrazine groups is 1. The molecule has 0 unspecified atom stereocenters. The Morgan fingerprint density at radius 1 is 1.22 bits per heavy atom. The van der Waals surface area contributed by atoms with Gasteiger partial charge in [0.25, 0.3) is 0 Å². The molecule has 1 aromatic rings. The maximum Gasteiger partial charge on any atom is 0.248 e. The minimum absolute atomic E-state index is 0.132. The van der Waals surface area contributed by atoms with Gasteiger partial charge in [-0.2, -0.15) is 0 Å². The van der Waals surface area contributed by atoms with Crippen LogP contribution in [-0.4, -0.2) is 43.5 Å². The highest BCUT2D eigenvalue weighted by Crippen LogP contribution is 2.19. The van der Waals surface area contributed by atoms with Crippen LogP contribution in [-0.2, 0) is 4.79 Å². The van der Waals surface area contributed by atoms with Crippen LogP contribution >= 0.6 is 15.9 Å². The van der Waals surface area contributed by atoms with Crippen molar-refractivity contribution in [3.05, 3.63) is 28.7 Å². The molecule has 0 atom stereocenters. The Hall–Kier alpha value is -1.11. The van der Waals surface area contributed by atoms with E-state index in [2.05, 4.69) is 43.3 Å². The van der Waals surface area contributed by atoms with Gasteiger partial charge in [0.05, 0.1) is 6.54 Å². The van der Waals surface area contributed by atoms with E-state index in [0.717, 1.165) is 30.7 Å². The molecule has 1 heterocycles. The van der Waals surface area contributed by atoms with E-state index in [9.17, 15) is 4.79 Å². The molecule has 0 aromatic heterocycles. The smallest absolute Gasteiger partial charge is 0.248 e. The second-order valence-corrected chi connectivity index (χ2v) is 5.22. The summed E-state index contributed by atoms with van der Waals surface area (Å²) >= 11 is 3.43. The summed E-state index contributed by atoms with van der Waals surface area (Å²) in [6.45, 7) is 4.00. The van der Waals surface area contributed by atoms with Gasteiger partial charge in [-0.3, -0.25) is 15.1 Å². The van der Waals surface area contributed by atoms with Gasteiger partial charge >= 0.3 is 0 Å². The van der Waals surface area contributed by atoms with E-state index >= 15 is 0 Å². The zero-order valence-corrected chi connectivity index (χ0v) is 11.7. The number of hydrogen-bond donors (Lipinski definition) is 2. The summed E-state index contributed by atoms with van der Waals surface area (Å²) in [6, 6.07) is 8.30. The van der Waals surface area contributed by atoms with Gasteiger partial charge in [-0.05, 0) is 24.3 Å². The molecule has 1 amide bonds. The first kappa shape index (κ1) is 13.3. The zero-order valence-electron chi connectivity index (χ0n) is 10.1.